The number of ether oxygens (including phenoxy) is 1. The Morgan fingerprint density at radius 2 is 2.07 bits per heavy atom. The van der Waals surface area contributed by atoms with Crippen molar-refractivity contribution in [2.75, 3.05) is 32.8 Å². The molecule has 0 bridgehead atoms. The first-order valence-electron chi connectivity index (χ1n) is 5.48. The van der Waals surface area contributed by atoms with Crippen LogP contribution in [0.1, 0.15) is 19.3 Å². The number of carbonyl (C=O) groups is 1. The Morgan fingerprint density at radius 3 is 2.71 bits per heavy atom. The molecule has 0 aromatic rings. The maximum absolute atomic E-state index is 12.0. The summed E-state index contributed by atoms with van der Waals surface area (Å²) < 4.78 is 5.22. The average Bonchev–Trinajstić information content (AvgIpc) is 2.30. The van der Waals surface area contributed by atoms with E-state index in [9.17, 15) is 4.79 Å². The Kier molecular flexibility index (Phi) is 3.37. The highest BCUT2D eigenvalue weighted by Gasteiger charge is 2.26. The zero-order valence-corrected chi connectivity index (χ0v) is 8.50. The maximum Gasteiger partial charge on any atom is 0.239 e. The molecule has 0 aliphatic carbocycles. The van der Waals surface area contributed by atoms with Crippen molar-refractivity contribution in [2.24, 2.45) is 0 Å². The Bertz CT molecular complexity index is 176. The second kappa shape index (κ2) is 4.75. The average molecular weight is 198 g/mol. The summed E-state index contributed by atoms with van der Waals surface area (Å²) in [5.41, 5.74) is 0. The summed E-state index contributed by atoms with van der Waals surface area (Å²) in [5, 5.41) is 3.28. The normalized spacial score (nSPS) is 28.9. The van der Waals surface area contributed by atoms with E-state index in [0.717, 1.165) is 26.1 Å². The van der Waals surface area contributed by atoms with Gasteiger partial charge in [-0.25, -0.2) is 0 Å². The quantitative estimate of drug-likeness (QED) is 0.644. The summed E-state index contributed by atoms with van der Waals surface area (Å²) in [5.74, 6) is 0.271. The van der Waals surface area contributed by atoms with Gasteiger partial charge in [0.2, 0.25) is 5.91 Å². The van der Waals surface area contributed by atoms with Crippen molar-refractivity contribution in [1.29, 1.82) is 0 Å². The lowest BCUT2D eigenvalue weighted by Gasteiger charge is -2.32. The van der Waals surface area contributed by atoms with E-state index in [1.165, 1.54) is 12.8 Å². The molecule has 0 aromatic carbocycles. The zero-order valence-electron chi connectivity index (χ0n) is 8.50. The SMILES string of the molecule is O=C([C@H]1CCCCN1)N1CCOCC1. The van der Waals surface area contributed by atoms with Crippen LogP contribution in [0.3, 0.4) is 0 Å². The molecule has 0 aromatic heterocycles. The van der Waals surface area contributed by atoms with E-state index >= 15 is 0 Å². The van der Waals surface area contributed by atoms with Gasteiger partial charge in [-0.05, 0) is 19.4 Å². The molecule has 0 spiro atoms. The number of hydrogen-bond donors (Lipinski definition) is 1. The molecule has 2 rings (SSSR count). The molecule has 2 heterocycles. The molecule has 2 fully saturated rings. The highest BCUT2D eigenvalue weighted by atomic mass is 16.5. The molecule has 4 nitrogen and oxygen atoms in total. The standard InChI is InChI=1S/C10H18N2O2/c13-10(9-3-1-2-4-11-9)12-5-7-14-8-6-12/h9,11H,1-8H2/t9-/m1/s1. The molecule has 1 amide bonds. The second-order valence-electron chi connectivity index (χ2n) is 3.94. The number of rotatable bonds is 1. The Balaban J connectivity index is 1.85. The van der Waals surface area contributed by atoms with Crippen molar-refractivity contribution < 1.29 is 9.53 Å². The van der Waals surface area contributed by atoms with Gasteiger partial charge in [-0.15, -0.1) is 0 Å². The minimum atomic E-state index is 0.0712. The second-order valence-corrected chi connectivity index (χ2v) is 3.94. The molecular formula is C10H18N2O2. The van der Waals surface area contributed by atoms with Gasteiger partial charge in [0.15, 0.2) is 0 Å². The van der Waals surface area contributed by atoms with Gasteiger partial charge in [0.05, 0.1) is 19.3 Å². The lowest BCUT2D eigenvalue weighted by molar-refractivity contribution is -0.138. The zero-order chi connectivity index (χ0) is 9.80. The van der Waals surface area contributed by atoms with Crippen LogP contribution in [0.15, 0.2) is 0 Å². The van der Waals surface area contributed by atoms with Crippen LogP contribution in [0, 0.1) is 0 Å². The summed E-state index contributed by atoms with van der Waals surface area (Å²) >= 11 is 0. The highest BCUT2D eigenvalue weighted by Crippen LogP contribution is 2.10. The predicted octanol–water partition coefficient (Wildman–Crippen LogP) is -0.0127. The summed E-state index contributed by atoms with van der Waals surface area (Å²) in [6, 6.07) is 0.0712. The topological polar surface area (TPSA) is 41.6 Å². The van der Waals surface area contributed by atoms with Crippen LogP contribution >= 0.6 is 0 Å². The molecule has 2 aliphatic rings. The predicted molar refractivity (Wildman–Crippen MR) is 53.0 cm³/mol. The van der Waals surface area contributed by atoms with Gasteiger partial charge >= 0.3 is 0 Å². The van der Waals surface area contributed by atoms with Gasteiger partial charge in [-0.3, -0.25) is 4.79 Å². The number of nitrogens with zero attached hydrogens (tertiary/aromatic N) is 1. The molecule has 0 radical (unpaired) electrons. The first-order chi connectivity index (χ1) is 6.88. The third kappa shape index (κ3) is 2.25. The number of nitrogens with one attached hydrogen (secondary N) is 1. The van der Waals surface area contributed by atoms with Crippen molar-refractivity contribution in [3.05, 3.63) is 0 Å². The van der Waals surface area contributed by atoms with Gasteiger partial charge in [-0.1, -0.05) is 6.42 Å². The lowest BCUT2D eigenvalue weighted by atomic mass is 10.0. The van der Waals surface area contributed by atoms with Gasteiger partial charge in [-0.2, -0.15) is 0 Å². The van der Waals surface area contributed by atoms with Crippen molar-refractivity contribution in [2.45, 2.75) is 25.3 Å². The molecule has 0 saturated carbocycles. The van der Waals surface area contributed by atoms with E-state index in [2.05, 4.69) is 5.32 Å². The number of piperidine rings is 1. The third-order valence-corrected chi connectivity index (χ3v) is 2.93. The van der Waals surface area contributed by atoms with Gasteiger partial charge in [0, 0.05) is 13.1 Å². The summed E-state index contributed by atoms with van der Waals surface area (Å²) in [6.07, 6.45) is 3.37. The summed E-state index contributed by atoms with van der Waals surface area (Å²) in [4.78, 5) is 13.9. The fraction of sp³-hybridized carbons (Fsp3) is 0.900. The minimum absolute atomic E-state index is 0.0712. The van der Waals surface area contributed by atoms with E-state index < -0.39 is 0 Å². The Hall–Kier alpha value is -0.610. The van der Waals surface area contributed by atoms with Crippen molar-refractivity contribution in [1.82, 2.24) is 10.2 Å². The van der Waals surface area contributed by atoms with Gasteiger partial charge in [0.1, 0.15) is 0 Å². The van der Waals surface area contributed by atoms with Crippen molar-refractivity contribution in [3.8, 4) is 0 Å². The Labute approximate surface area is 84.6 Å². The van der Waals surface area contributed by atoms with Crippen LogP contribution in [0.4, 0.5) is 0 Å². The van der Waals surface area contributed by atoms with Crippen molar-refractivity contribution in [3.63, 3.8) is 0 Å². The van der Waals surface area contributed by atoms with Gasteiger partial charge < -0.3 is 15.0 Å². The molecule has 14 heavy (non-hydrogen) atoms. The van der Waals surface area contributed by atoms with Crippen LogP contribution in [-0.2, 0) is 9.53 Å². The lowest BCUT2D eigenvalue weighted by Crippen LogP contribution is -2.51. The van der Waals surface area contributed by atoms with Gasteiger partial charge in [0.25, 0.3) is 0 Å². The van der Waals surface area contributed by atoms with E-state index in [4.69, 9.17) is 4.74 Å². The molecule has 2 saturated heterocycles. The molecule has 80 valence electrons. The highest BCUT2D eigenvalue weighted by molar-refractivity contribution is 5.82. The largest absolute Gasteiger partial charge is 0.378 e. The van der Waals surface area contributed by atoms with Crippen LogP contribution in [0.25, 0.3) is 0 Å². The van der Waals surface area contributed by atoms with Crippen molar-refractivity contribution >= 4 is 5.91 Å². The number of carbonyl (C=O) groups excluding carboxylic acids is 1. The van der Waals surface area contributed by atoms with Crippen LogP contribution in [0.5, 0.6) is 0 Å². The molecule has 1 atom stereocenters. The number of morpholine rings is 1. The summed E-state index contributed by atoms with van der Waals surface area (Å²) in [6.45, 7) is 3.89. The van der Waals surface area contributed by atoms with Crippen LogP contribution in [-0.4, -0.2) is 49.7 Å². The van der Waals surface area contributed by atoms with Crippen LogP contribution in [0.2, 0.25) is 0 Å². The van der Waals surface area contributed by atoms with Crippen LogP contribution < -0.4 is 5.32 Å². The smallest absolute Gasteiger partial charge is 0.239 e. The number of amides is 1. The van der Waals surface area contributed by atoms with E-state index in [1.807, 2.05) is 4.90 Å². The fourth-order valence-corrected chi connectivity index (χ4v) is 2.07. The molecular weight excluding hydrogens is 180 g/mol. The maximum atomic E-state index is 12.0. The summed E-state index contributed by atoms with van der Waals surface area (Å²) in [7, 11) is 0. The molecule has 1 N–H and O–H groups in total. The third-order valence-electron chi connectivity index (χ3n) is 2.93. The monoisotopic (exact) mass is 198 g/mol. The Morgan fingerprint density at radius 1 is 1.29 bits per heavy atom. The van der Waals surface area contributed by atoms with E-state index in [-0.39, 0.29) is 11.9 Å². The fourth-order valence-electron chi connectivity index (χ4n) is 2.07. The van der Waals surface area contributed by atoms with E-state index in [0.29, 0.717) is 13.2 Å². The first kappa shape index (κ1) is 9.93. The number of hydrogen-bond acceptors (Lipinski definition) is 3. The molecule has 0 unspecified atom stereocenters. The minimum Gasteiger partial charge on any atom is -0.378 e. The van der Waals surface area contributed by atoms with E-state index in [1.54, 1.807) is 0 Å². The first-order valence-corrected chi connectivity index (χ1v) is 5.48. The molecule has 4 heteroatoms. The molecule has 2 aliphatic heterocycles.